The number of benzene rings is 1. The molecule has 0 amide bonds. The maximum atomic E-state index is 6.10. The highest BCUT2D eigenvalue weighted by atomic mass is 35.5. The van der Waals surface area contributed by atoms with Gasteiger partial charge in [-0.3, -0.25) is 0 Å². The van der Waals surface area contributed by atoms with E-state index >= 15 is 0 Å². The molecule has 5 heteroatoms. The molecular weight excluding hydrogens is 238 g/mol. The number of nitrogens with zero attached hydrogens (tertiary/aromatic N) is 2. The molecule has 4 nitrogen and oxygen atoms in total. The predicted molar refractivity (Wildman–Crippen MR) is 69.4 cm³/mol. The van der Waals surface area contributed by atoms with Gasteiger partial charge in [0.1, 0.15) is 5.75 Å². The van der Waals surface area contributed by atoms with Crippen molar-refractivity contribution in [1.82, 2.24) is 9.55 Å². The summed E-state index contributed by atoms with van der Waals surface area (Å²) >= 11 is 6.10. The lowest BCUT2D eigenvalue weighted by Crippen LogP contribution is -1.98. The van der Waals surface area contributed by atoms with Crippen molar-refractivity contribution in [3.8, 4) is 17.0 Å². The Labute approximate surface area is 105 Å². The maximum absolute atomic E-state index is 6.10. The van der Waals surface area contributed by atoms with Gasteiger partial charge in [0.2, 0.25) is 5.95 Å². The van der Waals surface area contributed by atoms with Crippen LogP contribution in [0.25, 0.3) is 11.3 Å². The molecule has 1 aromatic carbocycles. The normalized spacial score (nSPS) is 10.6. The number of anilines is 1. The average Bonchev–Trinajstić information content (AvgIpc) is 2.53. The molecular formula is C12H14ClN3O. The summed E-state index contributed by atoms with van der Waals surface area (Å²) in [7, 11) is 3.47. The number of imidazole rings is 1. The predicted octanol–water partition coefficient (Wildman–Crippen LogP) is 2.64. The first kappa shape index (κ1) is 11.8. The van der Waals surface area contributed by atoms with Gasteiger partial charge in [-0.15, -0.1) is 0 Å². The number of aryl methyl sites for hydroxylation is 1. The van der Waals surface area contributed by atoms with Crippen molar-refractivity contribution in [3.63, 3.8) is 0 Å². The van der Waals surface area contributed by atoms with Gasteiger partial charge in [0.25, 0.3) is 0 Å². The molecule has 1 aromatic heterocycles. The van der Waals surface area contributed by atoms with Crippen LogP contribution < -0.4 is 10.5 Å². The standard InChI is InChI=1S/C12H14ClN3O/c1-7-11(16(2)12(14)15-7)8-4-5-10(17-3)9(13)6-8/h4-6H,1-3H3,(H2,14,15). The fraction of sp³-hybridized carbons (Fsp3) is 0.250. The zero-order valence-electron chi connectivity index (χ0n) is 9.99. The van der Waals surface area contributed by atoms with Crippen molar-refractivity contribution in [2.75, 3.05) is 12.8 Å². The van der Waals surface area contributed by atoms with Crippen molar-refractivity contribution >= 4 is 17.5 Å². The Morgan fingerprint density at radius 1 is 1.41 bits per heavy atom. The molecule has 2 aromatic rings. The highest BCUT2D eigenvalue weighted by Gasteiger charge is 2.12. The van der Waals surface area contributed by atoms with E-state index < -0.39 is 0 Å². The third kappa shape index (κ3) is 1.96. The van der Waals surface area contributed by atoms with Gasteiger partial charge in [-0.1, -0.05) is 11.6 Å². The topological polar surface area (TPSA) is 53.1 Å². The quantitative estimate of drug-likeness (QED) is 0.893. The molecule has 0 bridgehead atoms. The second kappa shape index (κ2) is 4.30. The first-order chi connectivity index (χ1) is 8.04. The lowest BCUT2D eigenvalue weighted by molar-refractivity contribution is 0.415. The zero-order chi connectivity index (χ0) is 12.6. The first-order valence-electron chi connectivity index (χ1n) is 5.17. The largest absolute Gasteiger partial charge is 0.495 e. The highest BCUT2D eigenvalue weighted by Crippen LogP contribution is 2.32. The summed E-state index contributed by atoms with van der Waals surface area (Å²) < 4.78 is 6.96. The van der Waals surface area contributed by atoms with Gasteiger partial charge in [-0.2, -0.15) is 0 Å². The van der Waals surface area contributed by atoms with Gasteiger partial charge >= 0.3 is 0 Å². The Morgan fingerprint density at radius 2 is 2.12 bits per heavy atom. The lowest BCUT2D eigenvalue weighted by Gasteiger charge is -2.08. The van der Waals surface area contributed by atoms with Gasteiger partial charge in [0.05, 0.1) is 23.5 Å². The van der Waals surface area contributed by atoms with Gasteiger partial charge in [-0.25, -0.2) is 4.98 Å². The summed E-state index contributed by atoms with van der Waals surface area (Å²) in [6, 6.07) is 5.62. The molecule has 90 valence electrons. The number of aromatic nitrogens is 2. The monoisotopic (exact) mass is 251 g/mol. The summed E-state index contributed by atoms with van der Waals surface area (Å²) in [4.78, 5) is 4.23. The molecule has 1 heterocycles. The van der Waals surface area contributed by atoms with Crippen LogP contribution in [0.4, 0.5) is 5.95 Å². The van der Waals surface area contributed by atoms with Crippen LogP contribution in [0.3, 0.4) is 0 Å². The molecule has 0 radical (unpaired) electrons. The smallest absolute Gasteiger partial charge is 0.200 e. The van der Waals surface area contributed by atoms with Crippen LogP contribution in [-0.4, -0.2) is 16.7 Å². The average molecular weight is 252 g/mol. The number of rotatable bonds is 2. The maximum Gasteiger partial charge on any atom is 0.200 e. The van der Waals surface area contributed by atoms with E-state index in [1.807, 2.05) is 36.7 Å². The molecule has 2 N–H and O–H groups in total. The molecule has 0 saturated carbocycles. The van der Waals surface area contributed by atoms with Crippen LogP contribution in [-0.2, 0) is 7.05 Å². The van der Waals surface area contributed by atoms with Crippen molar-refractivity contribution in [1.29, 1.82) is 0 Å². The molecule has 0 spiro atoms. The third-order valence-corrected chi connectivity index (χ3v) is 3.02. The van der Waals surface area contributed by atoms with E-state index in [0.717, 1.165) is 17.0 Å². The van der Waals surface area contributed by atoms with E-state index in [2.05, 4.69) is 4.98 Å². The van der Waals surface area contributed by atoms with Crippen LogP contribution in [0.1, 0.15) is 5.69 Å². The second-order valence-corrected chi connectivity index (χ2v) is 4.22. The molecule has 0 unspecified atom stereocenters. The molecule has 0 atom stereocenters. The Morgan fingerprint density at radius 3 is 2.59 bits per heavy atom. The molecule has 2 rings (SSSR count). The number of hydrogen-bond acceptors (Lipinski definition) is 3. The number of halogens is 1. The van der Waals surface area contributed by atoms with Crippen molar-refractivity contribution in [3.05, 3.63) is 28.9 Å². The number of methoxy groups -OCH3 is 1. The van der Waals surface area contributed by atoms with E-state index in [4.69, 9.17) is 22.1 Å². The minimum Gasteiger partial charge on any atom is -0.495 e. The molecule has 0 fully saturated rings. The third-order valence-electron chi connectivity index (χ3n) is 2.73. The van der Waals surface area contributed by atoms with Crippen molar-refractivity contribution in [2.45, 2.75) is 6.92 Å². The lowest BCUT2D eigenvalue weighted by atomic mass is 10.1. The first-order valence-corrected chi connectivity index (χ1v) is 5.55. The number of hydrogen-bond donors (Lipinski definition) is 1. The SMILES string of the molecule is COc1ccc(-c2c(C)nc(N)n2C)cc1Cl. The Bertz CT molecular complexity index is 563. The summed E-state index contributed by atoms with van der Waals surface area (Å²) in [5, 5.41) is 0.573. The van der Waals surface area contributed by atoms with E-state index in [-0.39, 0.29) is 0 Å². The molecule has 0 saturated heterocycles. The van der Waals surface area contributed by atoms with E-state index in [0.29, 0.717) is 16.7 Å². The van der Waals surface area contributed by atoms with E-state index in [1.54, 1.807) is 7.11 Å². The summed E-state index contributed by atoms with van der Waals surface area (Å²) in [5.74, 6) is 1.15. The number of nitrogen functional groups attached to an aromatic ring is 1. The summed E-state index contributed by atoms with van der Waals surface area (Å²) in [6.07, 6.45) is 0. The van der Waals surface area contributed by atoms with E-state index in [1.165, 1.54) is 0 Å². The van der Waals surface area contributed by atoms with Crippen molar-refractivity contribution in [2.24, 2.45) is 7.05 Å². The minimum atomic E-state index is 0.490. The minimum absolute atomic E-state index is 0.490. The van der Waals surface area contributed by atoms with Crippen LogP contribution in [0.15, 0.2) is 18.2 Å². The van der Waals surface area contributed by atoms with Gasteiger partial charge in [0, 0.05) is 12.6 Å². The van der Waals surface area contributed by atoms with Gasteiger partial charge in [-0.05, 0) is 25.1 Å². The van der Waals surface area contributed by atoms with Crippen LogP contribution >= 0.6 is 11.6 Å². The van der Waals surface area contributed by atoms with Crippen LogP contribution in [0, 0.1) is 6.92 Å². The molecule has 0 aliphatic heterocycles. The summed E-state index contributed by atoms with van der Waals surface area (Å²) in [6.45, 7) is 1.92. The number of nitrogens with two attached hydrogens (primary N) is 1. The summed E-state index contributed by atoms with van der Waals surface area (Å²) in [5.41, 5.74) is 8.58. The van der Waals surface area contributed by atoms with E-state index in [9.17, 15) is 0 Å². The molecule has 17 heavy (non-hydrogen) atoms. The molecule has 0 aliphatic rings. The van der Waals surface area contributed by atoms with Gasteiger partial charge in [0.15, 0.2) is 0 Å². The zero-order valence-corrected chi connectivity index (χ0v) is 10.7. The molecule has 0 aliphatic carbocycles. The Kier molecular flexibility index (Phi) is 2.98. The van der Waals surface area contributed by atoms with Gasteiger partial charge < -0.3 is 15.0 Å². The Balaban J connectivity index is 2.57. The fourth-order valence-electron chi connectivity index (χ4n) is 1.87. The van der Waals surface area contributed by atoms with Crippen LogP contribution in [0.5, 0.6) is 5.75 Å². The number of ether oxygens (including phenoxy) is 1. The fourth-order valence-corrected chi connectivity index (χ4v) is 2.13. The Hall–Kier alpha value is -1.68. The van der Waals surface area contributed by atoms with Crippen molar-refractivity contribution < 1.29 is 4.74 Å². The second-order valence-electron chi connectivity index (χ2n) is 3.81. The van der Waals surface area contributed by atoms with Crippen LogP contribution in [0.2, 0.25) is 5.02 Å². The highest BCUT2D eigenvalue weighted by molar-refractivity contribution is 6.32.